The number of hydrogen-bond donors (Lipinski definition) is 2. The summed E-state index contributed by atoms with van der Waals surface area (Å²) in [6.45, 7) is 3.18. The Balaban J connectivity index is 1.45. The molecule has 0 spiro atoms. The number of hydrogen-bond acceptors (Lipinski definition) is 7. The number of aryl methyl sites for hydroxylation is 1. The summed E-state index contributed by atoms with van der Waals surface area (Å²) in [6, 6.07) is 1.41. The molecule has 9 nitrogen and oxygen atoms in total. The predicted octanol–water partition coefficient (Wildman–Crippen LogP) is 1.01. The monoisotopic (exact) mass is 307 g/mol. The summed E-state index contributed by atoms with van der Waals surface area (Å²) in [6.07, 6.45) is 2.13. The molecule has 1 fully saturated rings. The Hall–Kier alpha value is -2.42. The fourth-order valence-electron chi connectivity index (χ4n) is 2.13. The van der Waals surface area contributed by atoms with E-state index in [1.54, 1.807) is 13.0 Å². The molecule has 0 bridgehead atoms. The van der Waals surface area contributed by atoms with Crippen molar-refractivity contribution in [1.29, 1.82) is 0 Å². The number of rotatable bonds is 5. The van der Waals surface area contributed by atoms with Gasteiger partial charge in [-0.1, -0.05) is 10.3 Å². The van der Waals surface area contributed by atoms with E-state index < -0.39 is 0 Å². The number of nitrogens with one attached hydrogen (secondary N) is 2. The smallest absolute Gasteiger partial charge is 0.315 e. The average Bonchev–Trinajstić information content (AvgIpc) is 3.24. The van der Waals surface area contributed by atoms with Gasteiger partial charge in [0, 0.05) is 19.2 Å². The van der Waals surface area contributed by atoms with E-state index in [4.69, 9.17) is 13.8 Å². The summed E-state index contributed by atoms with van der Waals surface area (Å²) in [4.78, 5) is 15.8. The van der Waals surface area contributed by atoms with Gasteiger partial charge in [-0.15, -0.1) is 0 Å². The number of carbonyl (C=O) groups excluding carboxylic acids is 1. The van der Waals surface area contributed by atoms with Gasteiger partial charge in [0.2, 0.25) is 11.7 Å². The van der Waals surface area contributed by atoms with Gasteiger partial charge in [-0.2, -0.15) is 4.98 Å². The quantitative estimate of drug-likeness (QED) is 0.847. The van der Waals surface area contributed by atoms with Gasteiger partial charge in [0.25, 0.3) is 0 Å². The van der Waals surface area contributed by atoms with Crippen LogP contribution in [0.3, 0.4) is 0 Å². The number of urea groups is 1. The van der Waals surface area contributed by atoms with Gasteiger partial charge in [-0.25, -0.2) is 4.79 Å². The maximum atomic E-state index is 11.7. The zero-order valence-electron chi connectivity index (χ0n) is 12.2. The van der Waals surface area contributed by atoms with E-state index in [1.165, 1.54) is 0 Å². The van der Waals surface area contributed by atoms with Crippen molar-refractivity contribution in [1.82, 2.24) is 25.9 Å². The molecular formula is C13H17N5O4. The highest BCUT2D eigenvalue weighted by Crippen LogP contribution is 2.15. The normalized spacial score (nSPS) is 17.6. The molecule has 3 rings (SSSR count). The molecule has 2 aromatic rings. The molecule has 22 heavy (non-hydrogen) atoms. The molecule has 1 aliphatic rings. The van der Waals surface area contributed by atoms with Crippen LogP contribution in [0.5, 0.6) is 0 Å². The molecule has 1 saturated heterocycles. The first-order chi connectivity index (χ1) is 10.7. The Morgan fingerprint density at radius 2 is 2.27 bits per heavy atom. The van der Waals surface area contributed by atoms with Crippen LogP contribution in [0.4, 0.5) is 4.79 Å². The summed E-state index contributed by atoms with van der Waals surface area (Å²) in [5.74, 6) is 1.28. The van der Waals surface area contributed by atoms with Crippen LogP contribution in [-0.2, 0) is 11.3 Å². The highest BCUT2D eigenvalue weighted by Gasteiger charge is 2.17. The lowest BCUT2D eigenvalue weighted by Gasteiger charge is -2.10. The van der Waals surface area contributed by atoms with Crippen molar-refractivity contribution in [3.63, 3.8) is 0 Å². The third-order valence-electron chi connectivity index (χ3n) is 3.24. The zero-order chi connectivity index (χ0) is 15.4. The molecular weight excluding hydrogens is 290 g/mol. The highest BCUT2D eigenvalue weighted by molar-refractivity contribution is 5.73. The Morgan fingerprint density at radius 3 is 3.00 bits per heavy atom. The van der Waals surface area contributed by atoms with E-state index in [-0.39, 0.29) is 18.7 Å². The van der Waals surface area contributed by atoms with E-state index in [0.29, 0.717) is 29.7 Å². The molecule has 0 saturated carbocycles. The average molecular weight is 307 g/mol. The van der Waals surface area contributed by atoms with Crippen LogP contribution in [0, 0.1) is 6.92 Å². The van der Waals surface area contributed by atoms with Gasteiger partial charge < -0.3 is 24.4 Å². The molecule has 1 aliphatic heterocycles. The summed E-state index contributed by atoms with van der Waals surface area (Å²) in [7, 11) is 0. The standard InChI is InChI=1S/C13H17N5O4/c1-8-5-10(17-21-8)12-16-11(22-18-12)7-15-13(19)14-6-9-3-2-4-20-9/h5,9H,2-4,6-7H2,1H3,(H2,14,15,19)/t9-/m0/s1. The summed E-state index contributed by atoms with van der Waals surface area (Å²) < 4.78 is 15.4. The minimum Gasteiger partial charge on any atom is -0.376 e. The van der Waals surface area contributed by atoms with Crippen molar-refractivity contribution in [2.24, 2.45) is 0 Å². The Bertz CT molecular complexity index is 632. The Morgan fingerprint density at radius 1 is 1.36 bits per heavy atom. The van der Waals surface area contributed by atoms with Crippen molar-refractivity contribution in [3.8, 4) is 11.5 Å². The third kappa shape index (κ3) is 3.61. The first-order valence-electron chi connectivity index (χ1n) is 7.10. The van der Waals surface area contributed by atoms with Crippen LogP contribution in [-0.4, -0.2) is 40.6 Å². The summed E-state index contributed by atoms with van der Waals surface area (Å²) in [5.41, 5.74) is 0.496. The molecule has 2 aromatic heterocycles. The number of aromatic nitrogens is 3. The fraction of sp³-hybridized carbons (Fsp3) is 0.538. The maximum absolute atomic E-state index is 11.7. The predicted molar refractivity (Wildman–Crippen MR) is 73.7 cm³/mol. The minimum absolute atomic E-state index is 0.108. The number of nitrogens with zero attached hydrogens (tertiary/aromatic N) is 3. The first-order valence-corrected chi connectivity index (χ1v) is 7.10. The second-order valence-electron chi connectivity index (χ2n) is 5.03. The largest absolute Gasteiger partial charge is 0.376 e. The SMILES string of the molecule is Cc1cc(-c2noc(CNC(=O)NC[C@@H]3CCCO3)n2)no1. The van der Waals surface area contributed by atoms with Crippen LogP contribution in [0.1, 0.15) is 24.5 Å². The maximum Gasteiger partial charge on any atom is 0.315 e. The lowest BCUT2D eigenvalue weighted by Crippen LogP contribution is -2.39. The molecule has 1 atom stereocenters. The van der Waals surface area contributed by atoms with Crippen molar-refractivity contribution >= 4 is 6.03 Å². The second kappa shape index (κ2) is 6.56. The fourth-order valence-corrected chi connectivity index (χ4v) is 2.13. The van der Waals surface area contributed by atoms with Crippen LogP contribution in [0.25, 0.3) is 11.5 Å². The Labute approximate surface area is 126 Å². The highest BCUT2D eigenvalue weighted by atomic mass is 16.5. The van der Waals surface area contributed by atoms with Gasteiger partial charge in [0.15, 0.2) is 5.69 Å². The topological polar surface area (TPSA) is 115 Å². The van der Waals surface area contributed by atoms with Crippen LogP contribution in [0.2, 0.25) is 0 Å². The van der Waals surface area contributed by atoms with Crippen molar-refractivity contribution in [2.45, 2.75) is 32.4 Å². The van der Waals surface area contributed by atoms with E-state index in [1.807, 2.05) is 0 Å². The van der Waals surface area contributed by atoms with Crippen LogP contribution >= 0.6 is 0 Å². The summed E-state index contributed by atoms with van der Waals surface area (Å²) >= 11 is 0. The van der Waals surface area contributed by atoms with Gasteiger partial charge in [-0.05, 0) is 19.8 Å². The third-order valence-corrected chi connectivity index (χ3v) is 3.24. The zero-order valence-corrected chi connectivity index (χ0v) is 12.2. The molecule has 0 aromatic carbocycles. The molecule has 3 heterocycles. The van der Waals surface area contributed by atoms with Crippen LogP contribution in [0.15, 0.2) is 15.1 Å². The molecule has 2 amide bonds. The lowest BCUT2D eigenvalue weighted by atomic mass is 10.2. The van der Waals surface area contributed by atoms with Gasteiger partial charge in [0.1, 0.15) is 5.76 Å². The molecule has 0 unspecified atom stereocenters. The van der Waals surface area contributed by atoms with Gasteiger partial charge in [-0.3, -0.25) is 0 Å². The molecule has 118 valence electrons. The van der Waals surface area contributed by atoms with Crippen molar-refractivity contribution in [2.75, 3.05) is 13.2 Å². The van der Waals surface area contributed by atoms with Crippen molar-refractivity contribution < 1.29 is 18.6 Å². The van der Waals surface area contributed by atoms with Gasteiger partial charge in [0.05, 0.1) is 12.6 Å². The van der Waals surface area contributed by atoms with Crippen LogP contribution < -0.4 is 10.6 Å². The molecule has 9 heteroatoms. The van der Waals surface area contributed by atoms with E-state index in [2.05, 4.69) is 25.9 Å². The number of ether oxygens (including phenoxy) is 1. The first kappa shape index (κ1) is 14.5. The van der Waals surface area contributed by atoms with E-state index in [0.717, 1.165) is 19.4 Å². The minimum atomic E-state index is -0.299. The molecule has 0 aliphatic carbocycles. The van der Waals surface area contributed by atoms with Gasteiger partial charge >= 0.3 is 6.03 Å². The summed E-state index contributed by atoms with van der Waals surface area (Å²) in [5, 5.41) is 13.0. The Kier molecular flexibility index (Phi) is 4.33. The van der Waals surface area contributed by atoms with Crippen molar-refractivity contribution in [3.05, 3.63) is 17.7 Å². The lowest BCUT2D eigenvalue weighted by molar-refractivity contribution is 0.111. The van der Waals surface area contributed by atoms with E-state index >= 15 is 0 Å². The number of amides is 2. The van der Waals surface area contributed by atoms with E-state index in [9.17, 15) is 4.79 Å². The second-order valence-corrected chi connectivity index (χ2v) is 5.03. The number of carbonyl (C=O) groups is 1. The molecule has 0 radical (unpaired) electrons. The molecule has 2 N–H and O–H groups in total.